The second kappa shape index (κ2) is 8.58. The van der Waals surface area contributed by atoms with Crippen molar-refractivity contribution in [1.29, 1.82) is 0 Å². The van der Waals surface area contributed by atoms with E-state index < -0.39 is 5.41 Å². The number of carbonyl (C=O) groups excluding carboxylic acids is 2. The van der Waals surface area contributed by atoms with Crippen molar-refractivity contribution in [3.05, 3.63) is 59.9 Å². The van der Waals surface area contributed by atoms with Crippen LogP contribution < -0.4 is 5.73 Å². The van der Waals surface area contributed by atoms with Gasteiger partial charge in [-0.2, -0.15) is 0 Å². The molecule has 4 nitrogen and oxygen atoms in total. The molecule has 1 saturated heterocycles. The van der Waals surface area contributed by atoms with Gasteiger partial charge in [-0.05, 0) is 42.9 Å². The van der Waals surface area contributed by atoms with Crippen LogP contribution in [0.25, 0.3) is 11.1 Å². The lowest BCUT2D eigenvalue weighted by atomic mass is 9.78. The van der Waals surface area contributed by atoms with Crippen molar-refractivity contribution in [3.8, 4) is 11.1 Å². The van der Waals surface area contributed by atoms with Crippen LogP contribution in [-0.4, -0.2) is 29.8 Å². The third-order valence-corrected chi connectivity index (χ3v) is 6.85. The predicted octanol–water partition coefficient (Wildman–Crippen LogP) is 4.32. The monoisotopic (exact) mass is 408 g/mol. The Labute approximate surface area is 177 Å². The van der Waals surface area contributed by atoms with Gasteiger partial charge in [-0.15, -0.1) is 0 Å². The summed E-state index contributed by atoms with van der Waals surface area (Å²) in [6.45, 7) is 0.906. The van der Waals surface area contributed by atoms with Crippen LogP contribution in [0.5, 0.6) is 0 Å². The van der Waals surface area contributed by atoms with E-state index in [1.54, 1.807) is 18.2 Å². The Bertz CT molecular complexity index is 938. The quantitative estimate of drug-likeness (QED) is 0.801. The Balaban J connectivity index is 1.59. The Morgan fingerprint density at radius 2 is 1.67 bits per heavy atom. The highest BCUT2D eigenvalue weighted by atomic mass is 19.1. The molecule has 2 aromatic carbocycles. The van der Waals surface area contributed by atoms with Gasteiger partial charge in [0.05, 0.1) is 5.41 Å². The van der Waals surface area contributed by atoms with E-state index in [0.717, 1.165) is 36.8 Å². The molecule has 0 radical (unpaired) electrons. The summed E-state index contributed by atoms with van der Waals surface area (Å²) in [7, 11) is 0. The molecular weight excluding hydrogens is 379 g/mol. The summed E-state index contributed by atoms with van der Waals surface area (Å²) in [5.41, 5.74) is 7.24. The molecule has 2 aliphatic rings. The van der Waals surface area contributed by atoms with E-state index in [1.165, 1.54) is 12.5 Å². The fourth-order valence-electron chi connectivity index (χ4n) is 5.08. The number of primary amides is 1. The highest BCUT2D eigenvalue weighted by Gasteiger charge is 2.46. The number of benzene rings is 2. The zero-order valence-electron chi connectivity index (χ0n) is 17.3. The fourth-order valence-corrected chi connectivity index (χ4v) is 5.08. The Kier molecular flexibility index (Phi) is 5.89. The average molecular weight is 409 g/mol. The van der Waals surface area contributed by atoms with Crippen molar-refractivity contribution in [3.63, 3.8) is 0 Å². The van der Waals surface area contributed by atoms with E-state index in [-0.39, 0.29) is 23.5 Å². The topological polar surface area (TPSA) is 63.4 Å². The summed E-state index contributed by atoms with van der Waals surface area (Å²) < 4.78 is 14.5. The van der Waals surface area contributed by atoms with E-state index in [2.05, 4.69) is 0 Å². The number of carbonyl (C=O) groups is 2. The third-order valence-electron chi connectivity index (χ3n) is 6.85. The van der Waals surface area contributed by atoms with Crippen LogP contribution in [0.3, 0.4) is 0 Å². The van der Waals surface area contributed by atoms with Crippen molar-refractivity contribution in [2.24, 2.45) is 17.1 Å². The van der Waals surface area contributed by atoms with E-state index in [1.807, 2.05) is 29.2 Å². The summed E-state index contributed by atoms with van der Waals surface area (Å²) in [6, 6.07) is 14.2. The summed E-state index contributed by atoms with van der Waals surface area (Å²) in [5, 5.41) is 0. The van der Waals surface area contributed by atoms with Crippen molar-refractivity contribution in [2.75, 3.05) is 13.1 Å². The van der Waals surface area contributed by atoms with Crippen LogP contribution in [-0.2, 0) is 16.0 Å². The van der Waals surface area contributed by atoms with Crippen LogP contribution in [0.1, 0.15) is 44.1 Å². The molecule has 1 aliphatic heterocycles. The number of nitrogens with zero attached hydrogens (tertiary/aromatic N) is 1. The number of amides is 2. The van der Waals surface area contributed by atoms with Crippen LogP contribution in [0.15, 0.2) is 48.5 Å². The fraction of sp³-hybridized carbons (Fsp3) is 0.440. The molecule has 0 aromatic heterocycles. The van der Waals surface area contributed by atoms with Crippen molar-refractivity contribution in [2.45, 2.75) is 44.9 Å². The van der Waals surface area contributed by atoms with Gasteiger partial charge in [-0.3, -0.25) is 9.59 Å². The smallest absolute Gasteiger partial charge is 0.225 e. The first kappa shape index (κ1) is 20.6. The minimum atomic E-state index is -0.814. The Morgan fingerprint density at radius 1 is 1.00 bits per heavy atom. The normalized spacial score (nSPS) is 22.2. The van der Waals surface area contributed by atoms with E-state index in [0.29, 0.717) is 31.5 Å². The molecule has 2 N–H and O–H groups in total. The Morgan fingerprint density at radius 3 is 2.37 bits per heavy atom. The molecule has 0 bridgehead atoms. The van der Waals surface area contributed by atoms with Gasteiger partial charge in [-0.25, -0.2) is 4.39 Å². The second-order valence-corrected chi connectivity index (χ2v) is 8.80. The molecule has 1 heterocycles. The molecule has 0 spiro atoms. The minimum absolute atomic E-state index is 0.0770. The van der Waals surface area contributed by atoms with Gasteiger partial charge in [0.25, 0.3) is 0 Å². The van der Waals surface area contributed by atoms with Gasteiger partial charge in [0.1, 0.15) is 5.82 Å². The molecule has 158 valence electrons. The number of rotatable bonds is 5. The molecule has 1 saturated carbocycles. The van der Waals surface area contributed by atoms with Gasteiger partial charge in [0.2, 0.25) is 11.8 Å². The predicted molar refractivity (Wildman–Crippen MR) is 115 cm³/mol. The molecule has 30 heavy (non-hydrogen) atoms. The maximum Gasteiger partial charge on any atom is 0.225 e. The number of halogens is 1. The lowest BCUT2D eigenvalue weighted by molar-refractivity contribution is -0.136. The molecule has 4 rings (SSSR count). The maximum absolute atomic E-state index is 14.5. The SMILES string of the molecule is NC(=O)[C@@]1(Cc2ccccc2-c2ccccc2F)CCN(C(=O)C2CCCCC2)C1. The highest BCUT2D eigenvalue weighted by molar-refractivity contribution is 5.85. The van der Waals surface area contributed by atoms with Crippen molar-refractivity contribution >= 4 is 11.8 Å². The standard InChI is InChI=1S/C25H29FN2O2/c26-22-13-7-6-12-21(22)20-11-5-4-10-19(20)16-25(24(27)30)14-15-28(17-25)23(29)18-8-2-1-3-9-18/h4-7,10-13,18H,1-3,8-9,14-17H2,(H2,27,30)/t25-/m1/s1. The van der Waals surface area contributed by atoms with Crippen molar-refractivity contribution in [1.82, 2.24) is 4.90 Å². The largest absolute Gasteiger partial charge is 0.369 e. The van der Waals surface area contributed by atoms with E-state index in [9.17, 15) is 14.0 Å². The minimum Gasteiger partial charge on any atom is -0.369 e. The molecule has 1 aliphatic carbocycles. The summed E-state index contributed by atoms with van der Waals surface area (Å²) >= 11 is 0. The molecule has 2 amide bonds. The second-order valence-electron chi connectivity index (χ2n) is 8.80. The van der Waals surface area contributed by atoms with E-state index >= 15 is 0 Å². The Hall–Kier alpha value is -2.69. The average Bonchev–Trinajstić information content (AvgIpc) is 3.20. The molecular formula is C25H29FN2O2. The molecule has 5 heteroatoms. The number of hydrogen-bond acceptors (Lipinski definition) is 2. The first-order valence-corrected chi connectivity index (χ1v) is 10.9. The first-order valence-electron chi connectivity index (χ1n) is 10.9. The maximum atomic E-state index is 14.5. The van der Waals surface area contributed by atoms with Gasteiger partial charge < -0.3 is 10.6 Å². The molecule has 1 atom stereocenters. The van der Waals surface area contributed by atoms with Crippen LogP contribution in [0, 0.1) is 17.2 Å². The number of nitrogens with two attached hydrogens (primary N) is 1. The third kappa shape index (κ3) is 3.98. The van der Waals surface area contributed by atoms with Gasteiger partial charge in [0, 0.05) is 24.6 Å². The van der Waals surface area contributed by atoms with E-state index in [4.69, 9.17) is 5.73 Å². The zero-order chi connectivity index (χ0) is 21.1. The highest BCUT2D eigenvalue weighted by Crippen LogP contribution is 2.39. The summed E-state index contributed by atoms with van der Waals surface area (Å²) in [4.78, 5) is 27.5. The lowest BCUT2D eigenvalue weighted by Crippen LogP contribution is -2.44. The molecule has 0 unspecified atom stereocenters. The number of hydrogen-bond donors (Lipinski definition) is 1. The molecule has 2 aromatic rings. The van der Waals surface area contributed by atoms with Crippen LogP contribution >= 0.6 is 0 Å². The summed E-state index contributed by atoms with van der Waals surface area (Å²) in [5.74, 6) is -0.434. The van der Waals surface area contributed by atoms with Crippen LogP contribution in [0.4, 0.5) is 4.39 Å². The molecule has 2 fully saturated rings. The van der Waals surface area contributed by atoms with Crippen molar-refractivity contribution < 1.29 is 14.0 Å². The van der Waals surface area contributed by atoms with Gasteiger partial charge >= 0.3 is 0 Å². The van der Waals surface area contributed by atoms with Crippen LogP contribution in [0.2, 0.25) is 0 Å². The first-order chi connectivity index (χ1) is 14.5. The lowest BCUT2D eigenvalue weighted by Gasteiger charge is -2.29. The summed E-state index contributed by atoms with van der Waals surface area (Å²) in [6.07, 6.45) is 6.22. The zero-order valence-corrected chi connectivity index (χ0v) is 17.3. The number of likely N-dealkylation sites (tertiary alicyclic amines) is 1. The van der Waals surface area contributed by atoms with Gasteiger partial charge in [0.15, 0.2) is 0 Å². The van der Waals surface area contributed by atoms with Gasteiger partial charge in [-0.1, -0.05) is 61.7 Å².